The predicted molar refractivity (Wildman–Crippen MR) is 81.9 cm³/mol. The van der Waals surface area contributed by atoms with Gasteiger partial charge in [-0.1, -0.05) is 18.6 Å². The van der Waals surface area contributed by atoms with E-state index in [-0.39, 0.29) is 27.7 Å². The molecule has 0 saturated carbocycles. The first kappa shape index (κ1) is 15.3. The number of nitrogens with two attached hydrogens (primary N) is 1. The molecule has 2 unspecified atom stereocenters. The van der Waals surface area contributed by atoms with Crippen molar-refractivity contribution in [3.8, 4) is 0 Å². The van der Waals surface area contributed by atoms with Crippen molar-refractivity contribution in [2.24, 2.45) is 5.73 Å². The second-order valence-corrected chi connectivity index (χ2v) is 7.43. The summed E-state index contributed by atoms with van der Waals surface area (Å²) in [5.41, 5.74) is 5.77. The van der Waals surface area contributed by atoms with E-state index in [0.29, 0.717) is 0 Å². The number of piperidine rings is 1. The minimum absolute atomic E-state index is 0.00138. The van der Waals surface area contributed by atoms with Gasteiger partial charge in [0, 0.05) is 18.3 Å². The van der Waals surface area contributed by atoms with E-state index in [4.69, 9.17) is 18.0 Å². The van der Waals surface area contributed by atoms with Crippen LogP contribution in [0.1, 0.15) is 38.8 Å². The zero-order chi connectivity index (χ0) is 14.9. The molecule has 2 rings (SSSR count). The summed E-state index contributed by atoms with van der Waals surface area (Å²) in [4.78, 5) is 4.12. The van der Waals surface area contributed by atoms with E-state index in [1.165, 1.54) is 12.3 Å². The van der Waals surface area contributed by atoms with Crippen LogP contribution in [0.2, 0.25) is 0 Å². The van der Waals surface area contributed by atoms with E-state index >= 15 is 0 Å². The van der Waals surface area contributed by atoms with Crippen molar-refractivity contribution in [3.63, 3.8) is 0 Å². The molecule has 1 aliphatic rings. The SMILES string of the molecule is CC1CCCC(C)N1S(=O)(=O)c1cccnc1C(N)=S. The first-order chi connectivity index (χ1) is 9.35. The van der Waals surface area contributed by atoms with Crippen LogP contribution in [-0.4, -0.2) is 34.8 Å². The predicted octanol–water partition coefficient (Wildman–Crippen LogP) is 1.67. The lowest BCUT2D eigenvalue weighted by atomic mass is 10.0. The first-order valence-corrected chi connectivity index (χ1v) is 8.49. The molecule has 1 aliphatic heterocycles. The van der Waals surface area contributed by atoms with Gasteiger partial charge >= 0.3 is 0 Å². The molecule has 110 valence electrons. The van der Waals surface area contributed by atoms with E-state index in [2.05, 4.69) is 4.98 Å². The number of pyridine rings is 1. The maximum atomic E-state index is 12.9. The maximum Gasteiger partial charge on any atom is 0.245 e. The third-order valence-electron chi connectivity index (χ3n) is 3.67. The fourth-order valence-corrected chi connectivity index (χ4v) is 5.04. The summed E-state index contributed by atoms with van der Waals surface area (Å²) in [6.07, 6.45) is 4.28. The summed E-state index contributed by atoms with van der Waals surface area (Å²) in [7, 11) is -3.63. The van der Waals surface area contributed by atoms with Crippen molar-refractivity contribution in [2.45, 2.75) is 50.1 Å². The molecule has 0 aliphatic carbocycles. The Kier molecular flexibility index (Phi) is 4.41. The van der Waals surface area contributed by atoms with Crippen LogP contribution in [0.5, 0.6) is 0 Å². The monoisotopic (exact) mass is 313 g/mol. The summed E-state index contributed by atoms with van der Waals surface area (Å²) in [5.74, 6) is 0. The van der Waals surface area contributed by atoms with Gasteiger partial charge in [0.15, 0.2) is 0 Å². The van der Waals surface area contributed by atoms with Gasteiger partial charge < -0.3 is 5.73 Å². The second kappa shape index (κ2) is 5.75. The molecule has 0 radical (unpaired) electrons. The van der Waals surface area contributed by atoms with Gasteiger partial charge in [0.25, 0.3) is 0 Å². The number of sulfonamides is 1. The minimum atomic E-state index is -3.63. The third-order valence-corrected chi connectivity index (χ3v) is 6.03. The van der Waals surface area contributed by atoms with Crippen molar-refractivity contribution in [1.82, 2.24) is 9.29 Å². The zero-order valence-electron chi connectivity index (χ0n) is 11.6. The van der Waals surface area contributed by atoms with E-state index in [0.717, 1.165) is 19.3 Å². The lowest BCUT2D eigenvalue weighted by Gasteiger charge is -2.37. The van der Waals surface area contributed by atoms with Gasteiger partial charge in [0.05, 0.1) is 0 Å². The Morgan fingerprint density at radius 1 is 1.40 bits per heavy atom. The normalized spacial score (nSPS) is 24.5. The largest absolute Gasteiger partial charge is 0.388 e. The lowest BCUT2D eigenvalue weighted by Crippen LogP contribution is -2.47. The fraction of sp³-hybridized carbons (Fsp3) is 0.538. The van der Waals surface area contributed by atoms with Crippen LogP contribution in [0.3, 0.4) is 0 Å². The van der Waals surface area contributed by atoms with Crippen LogP contribution in [0.25, 0.3) is 0 Å². The molecule has 1 aromatic heterocycles. The number of rotatable bonds is 3. The van der Waals surface area contributed by atoms with Crippen LogP contribution < -0.4 is 5.73 Å². The summed E-state index contributed by atoms with van der Waals surface area (Å²) >= 11 is 4.91. The van der Waals surface area contributed by atoms with Gasteiger partial charge in [-0.2, -0.15) is 4.31 Å². The molecular weight excluding hydrogens is 294 g/mol. The summed E-state index contributed by atoms with van der Waals surface area (Å²) in [6, 6.07) is 3.06. The number of thiocarbonyl (C=S) groups is 1. The average Bonchev–Trinajstić information content (AvgIpc) is 2.38. The quantitative estimate of drug-likeness (QED) is 0.859. The second-order valence-electron chi connectivity index (χ2n) is 5.18. The molecule has 5 nitrogen and oxygen atoms in total. The van der Waals surface area contributed by atoms with Crippen molar-refractivity contribution < 1.29 is 8.42 Å². The number of nitrogens with zero attached hydrogens (tertiary/aromatic N) is 2. The Hall–Kier alpha value is -1.05. The summed E-state index contributed by atoms with van der Waals surface area (Å²) in [5, 5.41) is 0. The third kappa shape index (κ3) is 2.70. The number of hydrogen-bond acceptors (Lipinski definition) is 4. The maximum absolute atomic E-state index is 12.9. The Morgan fingerprint density at radius 3 is 2.55 bits per heavy atom. The molecule has 0 amide bonds. The van der Waals surface area contributed by atoms with Crippen molar-refractivity contribution >= 4 is 27.2 Å². The topological polar surface area (TPSA) is 76.3 Å². The molecular formula is C13H19N3O2S2. The smallest absolute Gasteiger partial charge is 0.245 e. The molecule has 20 heavy (non-hydrogen) atoms. The van der Waals surface area contributed by atoms with Gasteiger partial charge in [-0.15, -0.1) is 0 Å². The van der Waals surface area contributed by atoms with E-state index < -0.39 is 10.0 Å². The van der Waals surface area contributed by atoms with Crippen LogP contribution >= 0.6 is 12.2 Å². The molecule has 0 aromatic carbocycles. The molecule has 0 bridgehead atoms. The van der Waals surface area contributed by atoms with Gasteiger partial charge in [-0.25, -0.2) is 8.42 Å². The highest BCUT2D eigenvalue weighted by molar-refractivity contribution is 7.89. The van der Waals surface area contributed by atoms with E-state index in [9.17, 15) is 8.42 Å². The zero-order valence-corrected chi connectivity index (χ0v) is 13.2. The molecule has 1 saturated heterocycles. The Morgan fingerprint density at radius 2 is 2.00 bits per heavy atom. The highest BCUT2D eigenvalue weighted by atomic mass is 32.2. The van der Waals surface area contributed by atoms with Crippen LogP contribution in [0.15, 0.2) is 23.2 Å². The summed E-state index contributed by atoms with van der Waals surface area (Å²) in [6.45, 7) is 3.87. The Bertz CT molecular complexity index is 606. The highest BCUT2D eigenvalue weighted by Crippen LogP contribution is 2.30. The van der Waals surface area contributed by atoms with Crippen LogP contribution in [-0.2, 0) is 10.0 Å². The number of aromatic nitrogens is 1. The average molecular weight is 313 g/mol. The highest BCUT2D eigenvalue weighted by Gasteiger charge is 2.37. The van der Waals surface area contributed by atoms with Gasteiger partial charge in [0.1, 0.15) is 15.6 Å². The molecule has 1 aromatic rings. The van der Waals surface area contributed by atoms with Crippen molar-refractivity contribution in [3.05, 3.63) is 24.0 Å². The number of hydrogen-bond donors (Lipinski definition) is 1. The molecule has 7 heteroatoms. The molecule has 0 spiro atoms. The summed E-state index contributed by atoms with van der Waals surface area (Å²) < 4.78 is 27.4. The van der Waals surface area contributed by atoms with E-state index in [1.54, 1.807) is 10.4 Å². The minimum Gasteiger partial charge on any atom is -0.388 e. The Balaban J connectivity index is 2.52. The van der Waals surface area contributed by atoms with Crippen molar-refractivity contribution in [1.29, 1.82) is 0 Å². The Labute approximate surface area is 125 Å². The molecule has 2 atom stereocenters. The molecule has 2 heterocycles. The molecule has 2 N–H and O–H groups in total. The van der Waals surface area contributed by atoms with E-state index in [1.807, 2.05) is 13.8 Å². The van der Waals surface area contributed by atoms with Crippen LogP contribution in [0, 0.1) is 0 Å². The van der Waals surface area contributed by atoms with Gasteiger partial charge in [-0.05, 0) is 38.8 Å². The fourth-order valence-electron chi connectivity index (χ4n) is 2.77. The molecule has 1 fully saturated rings. The lowest BCUT2D eigenvalue weighted by molar-refractivity contribution is 0.204. The van der Waals surface area contributed by atoms with Crippen molar-refractivity contribution in [2.75, 3.05) is 0 Å². The first-order valence-electron chi connectivity index (χ1n) is 6.64. The van der Waals surface area contributed by atoms with Gasteiger partial charge in [-0.3, -0.25) is 4.98 Å². The van der Waals surface area contributed by atoms with Crippen LogP contribution in [0.4, 0.5) is 0 Å². The standard InChI is InChI=1S/C13H19N3O2S2/c1-9-5-3-6-10(2)16(9)20(17,18)11-7-4-8-15-12(11)13(14)19/h4,7-10H,3,5-6H2,1-2H3,(H2,14,19). The van der Waals surface area contributed by atoms with Gasteiger partial charge in [0.2, 0.25) is 10.0 Å².